The van der Waals surface area contributed by atoms with Crippen molar-refractivity contribution in [3.63, 3.8) is 0 Å². The summed E-state index contributed by atoms with van der Waals surface area (Å²) in [7, 11) is 0. The van der Waals surface area contributed by atoms with Crippen LogP contribution in [0.15, 0.2) is 28.7 Å². The summed E-state index contributed by atoms with van der Waals surface area (Å²) < 4.78 is 11.6. The van der Waals surface area contributed by atoms with Gasteiger partial charge in [0.1, 0.15) is 0 Å². The van der Waals surface area contributed by atoms with E-state index >= 15 is 0 Å². The Hall–Kier alpha value is -1.64. The second-order valence-electron chi connectivity index (χ2n) is 7.98. The van der Waals surface area contributed by atoms with E-state index in [1.165, 1.54) is 0 Å². The summed E-state index contributed by atoms with van der Waals surface area (Å²) in [6.45, 7) is 5.07. The van der Waals surface area contributed by atoms with Crippen molar-refractivity contribution in [1.29, 1.82) is 0 Å². The molecule has 0 spiro atoms. The van der Waals surface area contributed by atoms with E-state index in [-0.39, 0.29) is 12.0 Å². The first-order valence-electron chi connectivity index (χ1n) is 10.7. The zero-order chi connectivity index (χ0) is 21.6. The number of aliphatic hydroxyl groups is 1. The number of amides is 2. The predicted molar refractivity (Wildman–Crippen MR) is 116 cm³/mol. The van der Waals surface area contributed by atoms with Crippen LogP contribution in [0.5, 0.6) is 0 Å². The highest BCUT2D eigenvalue weighted by Gasteiger charge is 2.45. The summed E-state index contributed by atoms with van der Waals surface area (Å²) >= 11 is 3.48. The monoisotopic (exact) mass is 482 g/mol. The fourth-order valence-electron chi connectivity index (χ4n) is 4.07. The number of halogens is 1. The van der Waals surface area contributed by atoms with E-state index in [4.69, 9.17) is 9.47 Å². The molecule has 0 aromatic heterocycles. The average molecular weight is 483 g/mol. The van der Waals surface area contributed by atoms with Gasteiger partial charge in [-0.3, -0.25) is 4.79 Å². The van der Waals surface area contributed by atoms with Gasteiger partial charge >= 0.3 is 6.09 Å². The van der Waals surface area contributed by atoms with E-state index in [1.807, 2.05) is 31.2 Å². The molecule has 2 aliphatic rings. The Bertz CT molecular complexity index is 730. The van der Waals surface area contributed by atoms with Crippen LogP contribution < -0.4 is 0 Å². The standard InChI is InChI=1S/C22H31BrN2O5/c1-2-3-13-30-21(27)25-11-9-24(10-12-25)20(26)19(17-5-4-6-18(23)16-17)22(28)7-14-29-15-8-22/h4-6,16,19,28H,2-3,7-15H2,1H3. The fourth-order valence-corrected chi connectivity index (χ4v) is 4.49. The zero-order valence-corrected chi connectivity index (χ0v) is 19.1. The Morgan fingerprint density at radius 2 is 1.87 bits per heavy atom. The molecule has 30 heavy (non-hydrogen) atoms. The van der Waals surface area contributed by atoms with Crippen molar-refractivity contribution < 1.29 is 24.2 Å². The van der Waals surface area contributed by atoms with Crippen molar-refractivity contribution in [3.8, 4) is 0 Å². The number of piperazine rings is 1. The van der Waals surface area contributed by atoms with Crippen molar-refractivity contribution in [1.82, 2.24) is 9.80 Å². The topological polar surface area (TPSA) is 79.3 Å². The van der Waals surface area contributed by atoms with Gasteiger partial charge in [-0.2, -0.15) is 0 Å². The van der Waals surface area contributed by atoms with Gasteiger partial charge in [0.15, 0.2) is 0 Å². The number of unbranched alkanes of at least 4 members (excludes halogenated alkanes) is 1. The van der Waals surface area contributed by atoms with Crippen molar-refractivity contribution >= 4 is 27.9 Å². The number of carbonyl (C=O) groups is 2. The lowest BCUT2D eigenvalue weighted by Crippen LogP contribution is -2.55. The van der Waals surface area contributed by atoms with Gasteiger partial charge in [0.05, 0.1) is 18.1 Å². The number of nitrogens with zero attached hydrogens (tertiary/aromatic N) is 2. The minimum atomic E-state index is -1.15. The van der Waals surface area contributed by atoms with Gasteiger partial charge in [0.25, 0.3) is 0 Å². The summed E-state index contributed by atoms with van der Waals surface area (Å²) in [4.78, 5) is 29.2. The maximum atomic E-state index is 13.6. The van der Waals surface area contributed by atoms with Crippen LogP contribution in [0.2, 0.25) is 0 Å². The number of carbonyl (C=O) groups excluding carboxylic acids is 2. The molecule has 2 heterocycles. The van der Waals surface area contributed by atoms with Gasteiger partial charge in [0, 0.05) is 56.7 Å². The number of benzene rings is 1. The van der Waals surface area contributed by atoms with Crippen molar-refractivity contribution in [2.45, 2.75) is 44.1 Å². The molecule has 166 valence electrons. The molecule has 1 unspecified atom stereocenters. The Balaban J connectivity index is 1.70. The second kappa shape index (κ2) is 10.6. The minimum absolute atomic E-state index is 0.100. The molecular formula is C22H31BrN2O5. The molecule has 2 saturated heterocycles. The second-order valence-corrected chi connectivity index (χ2v) is 8.90. The third-order valence-electron chi connectivity index (χ3n) is 5.90. The van der Waals surface area contributed by atoms with Gasteiger partial charge in [-0.05, 0) is 24.1 Å². The lowest BCUT2D eigenvalue weighted by Gasteiger charge is -2.42. The molecule has 7 nitrogen and oxygen atoms in total. The number of ether oxygens (including phenoxy) is 2. The van der Waals surface area contributed by atoms with Crippen LogP contribution in [-0.4, -0.2) is 78.5 Å². The molecule has 1 atom stereocenters. The van der Waals surface area contributed by atoms with Crippen LogP contribution in [0.4, 0.5) is 4.79 Å². The number of hydrogen-bond donors (Lipinski definition) is 1. The van der Waals surface area contributed by atoms with Crippen LogP contribution in [0.25, 0.3) is 0 Å². The highest BCUT2D eigenvalue weighted by Crippen LogP contribution is 2.38. The van der Waals surface area contributed by atoms with Crippen LogP contribution in [-0.2, 0) is 14.3 Å². The van der Waals surface area contributed by atoms with E-state index in [1.54, 1.807) is 9.80 Å². The molecule has 0 aliphatic carbocycles. The maximum Gasteiger partial charge on any atom is 0.409 e. The Morgan fingerprint density at radius 3 is 2.50 bits per heavy atom. The van der Waals surface area contributed by atoms with E-state index in [9.17, 15) is 14.7 Å². The lowest BCUT2D eigenvalue weighted by atomic mass is 9.76. The Kier molecular flexibility index (Phi) is 8.13. The first kappa shape index (κ1) is 23.0. The summed E-state index contributed by atoms with van der Waals surface area (Å²) in [5.41, 5.74) is -0.355. The van der Waals surface area contributed by atoms with Gasteiger partial charge in [-0.15, -0.1) is 0 Å². The number of hydrogen-bond acceptors (Lipinski definition) is 5. The molecule has 2 fully saturated rings. The van der Waals surface area contributed by atoms with Gasteiger partial charge in [-0.25, -0.2) is 4.79 Å². The first-order valence-corrected chi connectivity index (χ1v) is 11.5. The quantitative estimate of drug-likeness (QED) is 0.629. The van der Waals surface area contributed by atoms with Crippen LogP contribution in [0.3, 0.4) is 0 Å². The molecule has 1 aromatic carbocycles. The lowest BCUT2D eigenvalue weighted by molar-refractivity contribution is -0.147. The van der Waals surface area contributed by atoms with Crippen LogP contribution >= 0.6 is 15.9 Å². The Labute approximate surface area is 186 Å². The average Bonchev–Trinajstić information content (AvgIpc) is 2.74. The maximum absolute atomic E-state index is 13.6. The largest absolute Gasteiger partial charge is 0.449 e. The normalized spacial score (nSPS) is 20.0. The zero-order valence-electron chi connectivity index (χ0n) is 17.5. The molecule has 1 N–H and O–H groups in total. The Morgan fingerprint density at radius 1 is 1.20 bits per heavy atom. The predicted octanol–water partition coefficient (Wildman–Crippen LogP) is 3.16. The van der Waals surface area contributed by atoms with E-state index in [0.29, 0.717) is 58.8 Å². The molecule has 0 radical (unpaired) electrons. The SMILES string of the molecule is CCCCOC(=O)N1CCN(C(=O)C(c2cccc(Br)c2)C2(O)CCOCC2)CC1. The molecule has 2 amide bonds. The van der Waals surface area contributed by atoms with E-state index < -0.39 is 11.5 Å². The molecule has 1 aromatic rings. The van der Waals surface area contributed by atoms with Gasteiger partial charge in [-0.1, -0.05) is 41.4 Å². The van der Waals surface area contributed by atoms with Crippen molar-refractivity contribution in [3.05, 3.63) is 34.3 Å². The third-order valence-corrected chi connectivity index (χ3v) is 6.39. The van der Waals surface area contributed by atoms with E-state index in [0.717, 1.165) is 22.9 Å². The summed E-state index contributed by atoms with van der Waals surface area (Å²) in [6, 6.07) is 7.58. The molecule has 0 bridgehead atoms. The fraction of sp³-hybridized carbons (Fsp3) is 0.636. The van der Waals surface area contributed by atoms with Crippen LogP contribution in [0.1, 0.15) is 44.1 Å². The van der Waals surface area contributed by atoms with Crippen molar-refractivity contribution in [2.24, 2.45) is 0 Å². The molecule has 3 rings (SSSR count). The third kappa shape index (κ3) is 5.53. The van der Waals surface area contributed by atoms with Gasteiger partial charge < -0.3 is 24.4 Å². The molecule has 8 heteroatoms. The summed E-state index contributed by atoms with van der Waals surface area (Å²) in [6.07, 6.45) is 2.34. The van der Waals surface area contributed by atoms with Crippen LogP contribution in [0, 0.1) is 0 Å². The number of rotatable bonds is 6. The molecule has 0 saturated carbocycles. The molecular weight excluding hydrogens is 452 g/mol. The summed E-state index contributed by atoms with van der Waals surface area (Å²) in [5.74, 6) is -0.765. The molecule has 2 aliphatic heterocycles. The highest BCUT2D eigenvalue weighted by molar-refractivity contribution is 9.10. The first-order chi connectivity index (χ1) is 14.4. The van der Waals surface area contributed by atoms with E-state index in [2.05, 4.69) is 15.9 Å². The highest BCUT2D eigenvalue weighted by atomic mass is 79.9. The minimum Gasteiger partial charge on any atom is -0.449 e. The van der Waals surface area contributed by atoms with Crippen molar-refractivity contribution in [2.75, 3.05) is 46.0 Å². The smallest absolute Gasteiger partial charge is 0.409 e. The van der Waals surface area contributed by atoms with Gasteiger partial charge in [0.2, 0.25) is 5.91 Å². The summed E-state index contributed by atoms with van der Waals surface area (Å²) in [5, 5.41) is 11.4.